The number of hydrogen-bond donors (Lipinski definition) is 1. The molecule has 1 N–H and O–H groups in total. The zero-order valence-electron chi connectivity index (χ0n) is 12.4. The molecular weight excluding hydrogens is 303 g/mol. The van der Waals surface area contributed by atoms with Gasteiger partial charge in [0.05, 0.1) is 12.0 Å². The van der Waals surface area contributed by atoms with Crippen molar-refractivity contribution in [1.82, 2.24) is 0 Å². The lowest BCUT2D eigenvalue weighted by Crippen LogP contribution is -2.13. The van der Waals surface area contributed by atoms with E-state index in [2.05, 4.69) is 5.32 Å². The van der Waals surface area contributed by atoms with Crippen LogP contribution in [0, 0.1) is 15.9 Å². The summed E-state index contributed by atoms with van der Waals surface area (Å²) in [5.41, 5.74) is 0.394. The number of aryl methyl sites for hydroxylation is 1. The Labute approximate surface area is 132 Å². The van der Waals surface area contributed by atoms with Gasteiger partial charge in [-0.05, 0) is 30.2 Å². The highest BCUT2D eigenvalue weighted by Gasteiger charge is 2.15. The molecule has 0 spiro atoms. The van der Waals surface area contributed by atoms with Crippen LogP contribution >= 0.6 is 0 Å². The Balaban J connectivity index is 2.00. The molecule has 0 heterocycles. The first-order chi connectivity index (χ1) is 11.0. The van der Waals surface area contributed by atoms with E-state index in [1.54, 1.807) is 13.2 Å². The molecule has 0 bridgehead atoms. The van der Waals surface area contributed by atoms with E-state index >= 15 is 0 Å². The molecule has 0 saturated heterocycles. The summed E-state index contributed by atoms with van der Waals surface area (Å²) in [6.45, 7) is 0. The number of hydrogen-bond acceptors (Lipinski definition) is 4. The molecule has 6 nitrogen and oxygen atoms in total. The van der Waals surface area contributed by atoms with E-state index in [1.807, 2.05) is 18.2 Å². The van der Waals surface area contributed by atoms with Crippen LogP contribution in [-0.2, 0) is 11.2 Å². The number of benzene rings is 2. The molecule has 2 aromatic rings. The van der Waals surface area contributed by atoms with Crippen molar-refractivity contribution in [3.05, 3.63) is 64.0 Å². The number of carbonyl (C=O) groups excluding carboxylic acids is 1. The summed E-state index contributed by atoms with van der Waals surface area (Å²) in [6.07, 6.45) is 0.630. The van der Waals surface area contributed by atoms with Crippen molar-refractivity contribution in [2.45, 2.75) is 12.8 Å². The number of carbonyl (C=O) groups is 1. The van der Waals surface area contributed by atoms with Crippen LogP contribution in [0.3, 0.4) is 0 Å². The van der Waals surface area contributed by atoms with Gasteiger partial charge >= 0.3 is 5.69 Å². The van der Waals surface area contributed by atoms with Crippen molar-refractivity contribution in [2.75, 3.05) is 12.4 Å². The lowest BCUT2D eigenvalue weighted by molar-refractivity contribution is -0.387. The van der Waals surface area contributed by atoms with Crippen LogP contribution in [0.4, 0.5) is 15.8 Å². The van der Waals surface area contributed by atoms with Gasteiger partial charge in [0.1, 0.15) is 5.75 Å². The third kappa shape index (κ3) is 4.26. The van der Waals surface area contributed by atoms with Gasteiger partial charge in [-0.2, -0.15) is 4.39 Å². The molecule has 7 heteroatoms. The normalized spacial score (nSPS) is 10.2. The Morgan fingerprint density at radius 3 is 2.74 bits per heavy atom. The maximum absolute atomic E-state index is 13.2. The quantitative estimate of drug-likeness (QED) is 0.654. The number of ether oxygens (including phenoxy) is 1. The summed E-state index contributed by atoms with van der Waals surface area (Å²) in [4.78, 5) is 21.8. The van der Waals surface area contributed by atoms with Crippen molar-refractivity contribution in [1.29, 1.82) is 0 Å². The number of para-hydroxylation sites is 1. The second-order valence-electron chi connectivity index (χ2n) is 4.78. The van der Waals surface area contributed by atoms with Crippen LogP contribution in [0.2, 0.25) is 0 Å². The summed E-state index contributed by atoms with van der Waals surface area (Å²) < 4.78 is 18.4. The average Bonchev–Trinajstić information content (AvgIpc) is 2.54. The summed E-state index contributed by atoms with van der Waals surface area (Å²) in [5.74, 6) is -0.573. The Kier molecular flexibility index (Phi) is 5.24. The highest BCUT2D eigenvalue weighted by atomic mass is 19.1. The van der Waals surface area contributed by atoms with Crippen molar-refractivity contribution in [2.24, 2.45) is 0 Å². The molecule has 0 aliphatic carbocycles. The van der Waals surface area contributed by atoms with Crippen molar-refractivity contribution >= 4 is 17.3 Å². The summed E-state index contributed by atoms with van der Waals surface area (Å²) in [6, 6.07) is 10.6. The lowest BCUT2D eigenvalue weighted by atomic mass is 10.1. The van der Waals surface area contributed by atoms with Gasteiger partial charge in [0.15, 0.2) is 0 Å². The monoisotopic (exact) mass is 318 g/mol. The molecule has 1 amide bonds. The molecule has 0 atom stereocenters. The largest absolute Gasteiger partial charge is 0.496 e. The number of nitrogens with one attached hydrogen (secondary N) is 1. The first-order valence-electron chi connectivity index (χ1n) is 6.87. The fourth-order valence-electron chi connectivity index (χ4n) is 2.11. The Morgan fingerprint density at radius 1 is 1.30 bits per heavy atom. The van der Waals surface area contributed by atoms with E-state index in [-0.39, 0.29) is 18.0 Å². The van der Waals surface area contributed by atoms with Gasteiger partial charge in [0, 0.05) is 18.2 Å². The van der Waals surface area contributed by atoms with E-state index in [0.29, 0.717) is 12.2 Å². The minimum atomic E-state index is -0.943. The van der Waals surface area contributed by atoms with Gasteiger partial charge in [0.25, 0.3) is 0 Å². The van der Waals surface area contributed by atoms with Gasteiger partial charge in [-0.3, -0.25) is 14.9 Å². The zero-order valence-corrected chi connectivity index (χ0v) is 12.4. The first kappa shape index (κ1) is 16.4. The fraction of sp³-hybridized carbons (Fsp3) is 0.188. The van der Waals surface area contributed by atoms with Crippen LogP contribution in [0.25, 0.3) is 0 Å². The second-order valence-corrected chi connectivity index (χ2v) is 4.78. The Hall–Kier alpha value is -2.96. The lowest BCUT2D eigenvalue weighted by Gasteiger charge is -2.08. The van der Waals surface area contributed by atoms with Gasteiger partial charge in [-0.25, -0.2) is 0 Å². The van der Waals surface area contributed by atoms with E-state index in [1.165, 1.54) is 6.07 Å². The van der Waals surface area contributed by atoms with E-state index < -0.39 is 16.4 Å². The van der Waals surface area contributed by atoms with E-state index in [9.17, 15) is 19.3 Å². The van der Waals surface area contributed by atoms with Crippen LogP contribution in [0.5, 0.6) is 5.75 Å². The molecule has 0 aromatic heterocycles. The number of anilines is 1. The molecule has 0 aliphatic heterocycles. The molecule has 120 valence electrons. The van der Waals surface area contributed by atoms with Gasteiger partial charge < -0.3 is 10.1 Å². The number of amides is 1. The van der Waals surface area contributed by atoms with Crippen molar-refractivity contribution in [3.8, 4) is 5.75 Å². The number of nitro benzene ring substituents is 1. The summed E-state index contributed by atoms with van der Waals surface area (Å²) >= 11 is 0. The van der Waals surface area contributed by atoms with Gasteiger partial charge in [0.2, 0.25) is 11.7 Å². The smallest absolute Gasteiger partial charge is 0.306 e. The van der Waals surface area contributed by atoms with Gasteiger partial charge in [-0.1, -0.05) is 18.2 Å². The first-order valence-corrected chi connectivity index (χ1v) is 6.87. The van der Waals surface area contributed by atoms with E-state index in [0.717, 1.165) is 17.7 Å². The standard InChI is InChI=1S/C16H15FN2O4/c1-23-15-5-3-2-4-11(15)6-9-16(20)18-12-7-8-13(17)14(10-12)19(21)22/h2-5,7-8,10H,6,9H2,1H3,(H,18,20). The molecule has 2 rings (SSSR count). The number of nitro groups is 1. The Bertz CT molecular complexity index is 734. The topological polar surface area (TPSA) is 81.5 Å². The van der Waals surface area contributed by atoms with Crippen LogP contribution in [0.15, 0.2) is 42.5 Å². The van der Waals surface area contributed by atoms with Crippen molar-refractivity contribution < 1.29 is 18.8 Å². The van der Waals surface area contributed by atoms with Crippen molar-refractivity contribution in [3.63, 3.8) is 0 Å². The predicted octanol–water partition coefficient (Wildman–Crippen LogP) is 3.31. The molecule has 0 unspecified atom stereocenters. The molecule has 0 aliphatic rings. The molecular formula is C16H15FN2O4. The average molecular weight is 318 g/mol. The molecule has 0 saturated carbocycles. The number of halogens is 1. The molecule has 2 aromatic carbocycles. The van der Waals surface area contributed by atoms with Crippen LogP contribution in [0.1, 0.15) is 12.0 Å². The third-order valence-electron chi connectivity index (χ3n) is 3.24. The summed E-state index contributed by atoms with van der Waals surface area (Å²) in [5, 5.41) is 13.2. The molecule has 23 heavy (non-hydrogen) atoms. The zero-order chi connectivity index (χ0) is 16.8. The number of rotatable bonds is 6. The van der Waals surface area contributed by atoms with Crippen LogP contribution in [-0.4, -0.2) is 17.9 Å². The third-order valence-corrected chi connectivity index (χ3v) is 3.24. The maximum atomic E-state index is 13.2. The minimum absolute atomic E-state index is 0.172. The van der Waals surface area contributed by atoms with Gasteiger partial charge in [-0.15, -0.1) is 0 Å². The maximum Gasteiger partial charge on any atom is 0.306 e. The highest BCUT2D eigenvalue weighted by molar-refractivity contribution is 5.91. The molecule has 0 fully saturated rings. The number of methoxy groups -OCH3 is 1. The molecule has 0 radical (unpaired) electrons. The highest BCUT2D eigenvalue weighted by Crippen LogP contribution is 2.22. The van der Waals surface area contributed by atoms with E-state index in [4.69, 9.17) is 4.74 Å². The Morgan fingerprint density at radius 2 is 2.04 bits per heavy atom. The predicted molar refractivity (Wildman–Crippen MR) is 83.0 cm³/mol. The fourth-order valence-corrected chi connectivity index (χ4v) is 2.11. The second kappa shape index (κ2) is 7.35. The summed E-state index contributed by atoms with van der Waals surface area (Å²) in [7, 11) is 1.55. The van der Waals surface area contributed by atoms with Crippen LogP contribution < -0.4 is 10.1 Å². The minimum Gasteiger partial charge on any atom is -0.496 e. The SMILES string of the molecule is COc1ccccc1CCC(=O)Nc1ccc(F)c([N+](=O)[O-])c1. The number of nitrogens with zero attached hydrogens (tertiary/aromatic N) is 1.